The van der Waals surface area contributed by atoms with Crippen LogP contribution < -0.4 is 0 Å². The van der Waals surface area contributed by atoms with Crippen molar-refractivity contribution in [1.82, 2.24) is 0 Å². The van der Waals surface area contributed by atoms with E-state index >= 15 is 0 Å². The lowest BCUT2D eigenvalue weighted by Crippen LogP contribution is -2.65. The Hall–Kier alpha value is -5.10. The van der Waals surface area contributed by atoms with Crippen molar-refractivity contribution in [1.29, 1.82) is 0 Å². The van der Waals surface area contributed by atoms with E-state index in [4.69, 9.17) is 9.47 Å². The molecule has 19 nitrogen and oxygen atoms in total. The van der Waals surface area contributed by atoms with E-state index in [1.54, 1.807) is 0 Å². The van der Waals surface area contributed by atoms with Crippen molar-refractivity contribution >= 4 is 11.6 Å². The van der Waals surface area contributed by atoms with Gasteiger partial charge in [0, 0.05) is 16.7 Å². The Morgan fingerprint density at radius 2 is 0.967 bits per heavy atom. The van der Waals surface area contributed by atoms with E-state index in [1.807, 2.05) is 0 Å². The number of benzene rings is 4. The van der Waals surface area contributed by atoms with E-state index in [2.05, 4.69) is 0 Å². The van der Waals surface area contributed by atoms with Crippen molar-refractivity contribution in [2.75, 3.05) is 13.2 Å². The molecule has 0 unspecified atom stereocenters. The van der Waals surface area contributed by atoms with Crippen molar-refractivity contribution in [2.45, 2.75) is 85.3 Å². The van der Waals surface area contributed by atoms with Crippen LogP contribution in [0.2, 0.25) is 0 Å². The van der Waals surface area contributed by atoms with Crippen molar-refractivity contribution in [3.63, 3.8) is 0 Å². The van der Waals surface area contributed by atoms with Crippen molar-refractivity contribution < 1.29 is 95.7 Å². The fourth-order valence-corrected chi connectivity index (χ4v) is 9.71. The first kappa shape index (κ1) is 42.6. The Morgan fingerprint density at radius 1 is 0.492 bits per heavy atom. The molecule has 0 spiro atoms. The SMILES string of the molecule is O=C1c2c(O)cccc2[C@](c2ccc3c(c2O)C(=O)c2c(O)cc(CO)cc2[C@]3(O)[C@@H]2O[C@H](CO)[C@H](O)[C@H](O)[C@@H]2O)([C@@H]2O[C@H](CO)[C@H](O)[C@H](O)[C@H]2O)c2cc(CO)cc(O)c21. The first-order valence-electron chi connectivity index (χ1n) is 19.0. The van der Waals surface area contributed by atoms with Gasteiger partial charge in [0.15, 0.2) is 0 Å². The first-order chi connectivity index (χ1) is 28.9. The lowest BCUT2D eigenvalue weighted by atomic mass is 9.56. The zero-order valence-electron chi connectivity index (χ0n) is 31.6. The summed E-state index contributed by atoms with van der Waals surface area (Å²) in [5.41, 5.74) is -10.6. The number of ketones is 2. The Kier molecular flexibility index (Phi) is 10.5. The second-order valence-corrected chi connectivity index (χ2v) is 15.7. The van der Waals surface area contributed by atoms with Gasteiger partial charge in [-0.3, -0.25) is 9.59 Å². The third-order valence-electron chi connectivity index (χ3n) is 12.6. The zero-order chi connectivity index (χ0) is 44.2. The molecule has 8 rings (SSSR count). The van der Waals surface area contributed by atoms with E-state index in [0.717, 1.165) is 36.4 Å². The van der Waals surface area contributed by atoms with Crippen molar-refractivity contribution in [3.05, 3.63) is 116 Å². The lowest BCUT2D eigenvalue weighted by molar-refractivity contribution is -0.265. The summed E-state index contributed by atoms with van der Waals surface area (Å²) in [7, 11) is 0. The first-order valence-corrected chi connectivity index (χ1v) is 19.0. The predicted octanol–water partition coefficient (Wildman–Crippen LogP) is -3.16. The van der Waals surface area contributed by atoms with Gasteiger partial charge in [-0.2, -0.15) is 0 Å². The number of aliphatic hydroxyl groups excluding tert-OH is 10. The number of phenolic OH excluding ortho intramolecular Hbond substituents is 4. The normalized spacial score (nSPS) is 33.1. The molecule has 2 aliphatic carbocycles. The maximum atomic E-state index is 14.9. The number of aliphatic hydroxyl groups is 11. The smallest absolute Gasteiger partial charge is 0.201 e. The van der Waals surface area contributed by atoms with Crippen LogP contribution in [0.15, 0.2) is 54.6 Å². The molecule has 2 saturated heterocycles. The highest BCUT2D eigenvalue weighted by Crippen LogP contribution is 2.59. The van der Waals surface area contributed by atoms with Gasteiger partial charge in [0.2, 0.25) is 11.6 Å². The van der Waals surface area contributed by atoms with Crippen LogP contribution in [0.3, 0.4) is 0 Å². The van der Waals surface area contributed by atoms with E-state index < -0.39 is 172 Å². The number of fused-ring (bicyclic) bond motifs is 4. The van der Waals surface area contributed by atoms with Gasteiger partial charge >= 0.3 is 0 Å². The molecule has 4 aromatic carbocycles. The molecule has 0 amide bonds. The second-order valence-electron chi connectivity index (χ2n) is 15.7. The highest BCUT2D eigenvalue weighted by molar-refractivity contribution is 6.18. The molecule has 2 heterocycles. The Balaban J connectivity index is 1.53. The summed E-state index contributed by atoms with van der Waals surface area (Å²) in [6, 6.07) is 9.95. The molecule has 61 heavy (non-hydrogen) atoms. The third-order valence-corrected chi connectivity index (χ3v) is 12.6. The average molecular weight is 851 g/mol. The molecule has 0 aromatic heterocycles. The molecule has 0 saturated carbocycles. The molecule has 2 fully saturated rings. The number of carbonyl (C=O) groups is 2. The topological polar surface area (TPSA) is 356 Å². The number of hydrogen-bond acceptors (Lipinski definition) is 19. The van der Waals surface area contributed by atoms with E-state index in [0.29, 0.717) is 0 Å². The summed E-state index contributed by atoms with van der Waals surface area (Å²) < 4.78 is 12.0. The predicted molar refractivity (Wildman–Crippen MR) is 202 cm³/mol. The Bertz CT molecular complexity index is 2450. The fourth-order valence-electron chi connectivity index (χ4n) is 9.71. The van der Waals surface area contributed by atoms with E-state index in [-0.39, 0.29) is 22.3 Å². The van der Waals surface area contributed by atoms with Gasteiger partial charge in [-0.25, -0.2) is 0 Å². The minimum Gasteiger partial charge on any atom is -0.507 e. The van der Waals surface area contributed by atoms with Crippen LogP contribution in [0, 0.1) is 0 Å². The minimum absolute atomic E-state index is 0.0642. The van der Waals surface area contributed by atoms with Crippen molar-refractivity contribution in [3.8, 4) is 23.0 Å². The van der Waals surface area contributed by atoms with Crippen molar-refractivity contribution in [2.24, 2.45) is 0 Å². The largest absolute Gasteiger partial charge is 0.507 e. The molecular weight excluding hydrogens is 808 g/mol. The molecule has 19 heteroatoms. The molecule has 324 valence electrons. The maximum Gasteiger partial charge on any atom is 0.201 e. The summed E-state index contributed by atoms with van der Waals surface area (Å²) >= 11 is 0. The summed E-state index contributed by atoms with van der Waals surface area (Å²) in [4.78, 5) is 29.2. The number of aromatic hydroxyl groups is 4. The van der Waals surface area contributed by atoms with Gasteiger partial charge in [-0.1, -0.05) is 30.3 Å². The van der Waals surface area contributed by atoms with Crippen LogP contribution in [0.5, 0.6) is 23.0 Å². The number of carbonyl (C=O) groups excluding carboxylic acids is 2. The number of phenols is 4. The van der Waals surface area contributed by atoms with Crippen LogP contribution in [0.25, 0.3) is 0 Å². The quantitative estimate of drug-likeness (QED) is 0.0872. The summed E-state index contributed by atoms with van der Waals surface area (Å²) in [6.45, 7) is -3.48. The highest BCUT2D eigenvalue weighted by atomic mass is 16.6. The Labute approximate surface area is 344 Å². The summed E-state index contributed by atoms with van der Waals surface area (Å²) in [5, 5.41) is 168. The fraction of sp³-hybridized carbons (Fsp3) is 0.381. The van der Waals surface area contributed by atoms with Crippen LogP contribution in [-0.4, -0.2) is 162 Å². The van der Waals surface area contributed by atoms with E-state index in [9.17, 15) is 86.2 Å². The lowest BCUT2D eigenvalue weighted by Gasteiger charge is -2.52. The number of hydrogen-bond donors (Lipinski definition) is 15. The molecule has 0 radical (unpaired) electrons. The minimum atomic E-state index is -2.93. The van der Waals surface area contributed by atoms with Crippen LogP contribution in [0.4, 0.5) is 0 Å². The van der Waals surface area contributed by atoms with Gasteiger partial charge < -0.3 is 86.1 Å². The standard InChI is InChI=1S/C42H42O19/c43-10-14-6-19-27(22(48)8-14)33(53)26-16(2-1-3-21(26)47)41(19,39-37(57)35(55)31(51)24(12-45)60-39)18-5-4-17-29(30(18)50)34(54)28-20(7-15(11-44)9-23(28)49)42(17,59)40-38(58)36(56)32(52)25(13-46)61-40/h1-9,24-25,31-32,35-40,43-52,55-59H,10-13H2/t24-,25-,31+,32+,35+,36+,37-,38+,39-,40-,41-,42+/m1/s1. The zero-order valence-corrected chi connectivity index (χ0v) is 31.6. The molecule has 0 bridgehead atoms. The molecule has 4 aliphatic rings. The molecule has 15 N–H and O–H groups in total. The second kappa shape index (κ2) is 15.1. The van der Waals surface area contributed by atoms with Crippen LogP contribution >= 0.6 is 0 Å². The number of ether oxygens (including phenoxy) is 2. The molecular formula is C42H42O19. The monoisotopic (exact) mass is 850 g/mol. The highest BCUT2D eigenvalue weighted by Gasteiger charge is 2.63. The molecule has 2 aliphatic heterocycles. The molecule has 4 aromatic rings. The molecule has 12 atom stereocenters. The van der Waals surface area contributed by atoms with Gasteiger partial charge in [0.25, 0.3) is 0 Å². The van der Waals surface area contributed by atoms with Gasteiger partial charge in [0.1, 0.15) is 89.6 Å². The van der Waals surface area contributed by atoms with Crippen LogP contribution in [0.1, 0.15) is 70.8 Å². The van der Waals surface area contributed by atoms with Crippen LogP contribution in [-0.2, 0) is 33.7 Å². The van der Waals surface area contributed by atoms with Gasteiger partial charge in [-0.05, 0) is 46.5 Å². The number of rotatable bonds is 7. The van der Waals surface area contributed by atoms with Gasteiger partial charge in [-0.15, -0.1) is 0 Å². The van der Waals surface area contributed by atoms with Gasteiger partial charge in [0.05, 0.1) is 54.1 Å². The summed E-state index contributed by atoms with van der Waals surface area (Å²) in [6.07, 6.45) is -20.1. The Morgan fingerprint density at radius 3 is 1.52 bits per heavy atom. The third kappa shape index (κ3) is 5.72. The van der Waals surface area contributed by atoms with E-state index in [1.165, 1.54) is 18.2 Å². The maximum absolute atomic E-state index is 14.9. The average Bonchev–Trinajstić information content (AvgIpc) is 3.24. The summed E-state index contributed by atoms with van der Waals surface area (Å²) in [5.74, 6) is -5.69.